The van der Waals surface area contributed by atoms with E-state index < -0.39 is 23.2 Å². The fourth-order valence-corrected chi connectivity index (χ4v) is 2.49. The number of thiophene rings is 1. The van der Waals surface area contributed by atoms with Crippen molar-refractivity contribution in [1.29, 1.82) is 0 Å². The standard InChI is InChI=1S/C11H13ClN2O4S/c1-11(2,4-7(15)16)10(18)14-9-5(8(13)17)3-6(12)19-9/h3H,4H2,1-2H3,(H2,13,17)(H,14,18)(H,15,16). The number of aliphatic carboxylic acids is 1. The molecular weight excluding hydrogens is 292 g/mol. The molecule has 104 valence electrons. The van der Waals surface area contributed by atoms with Gasteiger partial charge in [-0.2, -0.15) is 0 Å². The van der Waals surface area contributed by atoms with Crippen LogP contribution in [-0.4, -0.2) is 22.9 Å². The van der Waals surface area contributed by atoms with Crippen molar-refractivity contribution in [2.24, 2.45) is 11.1 Å². The van der Waals surface area contributed by atoms with Gasteiger partial charge in [-0.3, -0.25) is 14.4 Å². The molecule has 19 heavy (non-hydrogen) atoms. The van der Waals surface area contributed by atoms with Gasteiger partial charge in [0.2, 0.25) is 5.91 Å². The van der Waals surface area contributed by atoms with Gasteiger partial charge in [0.05, 0.1) is 21.7 Å². The maximum Gasteiger partial charge on any atom is 0.304 e. The van der Waals surface area contributed by atoms with Crippen LogP contribution in [0.4, 0.5) is 5.00 Å². The topological polar surface area (TPSA) is 109 Å². The van der Waals surface area contributed by atoms with E-state index in [9.17, 15) is 14.4 Å². The predicted octanol–water partition coefficient (Wildman–Crippen LogP) is 1.94. The molecular formula is C11H13ClN2O4S. The Hall–Kier alpha value is -1.60. The van der Waals surface area contributed by atoms with Crippen LogP contribution >= 0.6 is 22.9 Å². The van der Waals surface area contributed by atoms with Gasteiger partial charge < -0.3 is 16.2 Å². The second-order valence-electron chi connectivity index (χ2n) is 4.57. The highest BCUT2D eigenvalue weighted by Gasteiger charge is 2.31. The van der Waals surface area contributed by atoms with E-state index in [2.05, 4.69) is 5.32 Å². The van der Waals surface area contributed by atoms with E-state index in [0.29, 0.717) is 4.34 Å². The van der Waals surface area contributed by atoms with Crippen molar-refractivity contribution in [3.63, 3.8) is 0 Å². The lowest BCUT2D eigenvalue weighted by Gasteiger charge is -2.21. The highest BCUT2D eigenvalue weighted by molar-refractivity contribution is 7.20. The number of amides is 2. The minimum Gasteiger partial charge on any atom is -0.481 e. The Morgan fingerprint density at radius 2 is 2.05 bits per heavy atom. The zero-order chi connectivity index (χ0) is 14.8. The fourth-order valence-electron chi connectivity index (χ4n) is 1.37. The van der Waals surface area contributed by atoms with Crippen LogP contribution in [0.5, 0.6) is 0 Å². The molecule has 0 aliphatic heterocycles. The molecule has 0 aromatic carbocycles. The maximum atomic E-state index is 12.0. The summed E-state index contributed by atoms with van der Waals surface area (Å²) in [6.07, 6.45) is -0.330. The molecule has 8 heteroatoms. The van der Waals surface area contributed by atoms with E-state index in [-0.39, 0.29) is 17.0 Å². The molecule has 0 radical (unpaired) electrons. The Labute approximate surface area is 118 Å². The third-order valence-electron chi connectivity index (χ3n) is 2.40. The summed E-state index contributed by atoms with van der Waals surface area (Å²) in [6.45, 7) is 2.99. The lowest BCUT2D eigenvalue weighted by molar-refractivity contribution is -0.142. The lowest BCUT2D eigenvalue weighted by atomic mass is 9.88. The fraction of sp³-hybridized carbons (Fsp3) is 0.364. The van der Waals surface area contributed by atoms with Crippen LogP contribution < -0.4 is 11.1 Å². The zero-order valence-electron chi connectivity index (χ0n) is 10.3. The number of hydrogen-bond donors (Lipinski definition) is 3. The van der Waals surface area contributed by atoms with Gasteiger partial charge in [0.1, 0.15) is 5.00 Å². The summed E-state index contributed by atoms with van der Waals surface area (Å²) in [6, 6.07) is 1.36. The van der Waals surface area contributed by atoms with Crippen molar-refractivity contribution in [3.05, 3.63) is 16.0 Å². The number of rotatable bonds is 5. The Morgan fingerprint density at radius 3 is 2.53 bits per heavy atom. The SMILES string of the molecule is CC(C)(CC(=O)O)C(=O)Nc1sc(Cl)cc1C(N)=O. The van der Waals surface area contributed by atoms with Gasteiger partial charge in [-0.1, -0.05) is 25.4 Å². The number of primary amides is 1. The number of carboxylic acids is 1. The van der Waals surface area contributed by atoms with Crippen LogP contribution in [0.1, 0.15) is 30.6 Å². The largest absolute Gasteiger partial charge is 0.481 e. The summed E-state index contributed by atoms with van der Waals surface area (Å²) in [7, 11) is 0. The van der Waals surface area contributed by atoms with Crippen LogP contribution in [0, 0.1) is 5.41 Å². The second-order valence-corrected chi connectivity index (χ2v) is 6.25. The van der Waals surface area contributed by atoms with E-state index in [1.54, 1.807) is 0 Å². The van der Waals surface area contributed by atoms with Gasteiger partial charge >= 0.3 is 5.97 Å². The molecule has 0 unspecified atom stereocenters. The van der Waals surface area contributed by atoms with Crippen molar-refractivity contribution < 1.29 is 19.5 Å². The van der Waals surface area contributed by atoms with Crippen molar-refractivity contribution in [2.45, 2.75) is 20.3 Å². The number of carbonyl (C=O) groups is 3. The molecule has 4 N–H and O–H groups in total. The van der Waals surface area contributed by atoms with E-state index in [1.165, 1.54) is 19.9 Å². The second kappa shape index (κ2) is 5.58. The third kappa shape index (κ3) is 3.93. The van der Waals surface area contributed by atoms with Crippen LogP contribution in [0.2, 0.25) is 4.34 Å². The van der Waals surface area contributed by atoms with Crippen LogP contribution in [0.25, 0.3) is 0 Å². The number of carbonyl (C=O) groups excluding carboxylic acids is 2. The van der Waals surface area contributed by atoms with Crippen LogP contribution in [0.15, 0.2) is 6.07 Å². The Balaban J connectivity index is 2.94. The highest BCUT2D eigenvalue weighted by atomic mass is 35.5. The Kier molecular flexibility index (Phi) is 4.54. The van der Waals surface area contributed by atoms with E-state index in [0.717, 1.165) is 11.3 Å². The molecule has 1 aromatic heterocycles. The summed E-state index contributed by atoms with van der Waals surface area (Å²) in [4.78, 5) is 33.8. The monoisotopic (exact) mass is 304 g/mol. The minimum absolute atomic E-state index is 0.106. The molecule has 0 bridgehead atoms. The molecule has 0 saturated carbocycles. The molecule has 0 saturated heterocycles. The number of hydrogen-bond acceptors (Lipinski definition) is 4. The van der Waals surface area contributed by atoms with Crippen LogP contribution in [-0.2, 0) is 9.59 Å². The van der Waals surface area contributed by atoms with E-state index in [1.807, 2.05) is 0 Å². The summed E-state index contributed by atoms with van der Waals surface area (Å²) in [5.74, 6) is -2.31. The average Bonchev–Trinajstić information content (AvgIpc) is 2.57. The Bertz CT molecular complexity index is 539. The van der Waals surface area contributed by atoms with Crippen molar-refractivity contribution in [3.8, 4) is 0 Å². The first-order chi connectivity index (χ1) is 8.63. The van der Waals surface area contributed by atoms with Gasteiger partial charge in [0, 0.05) is 0 Å². The van der Waals surface area contributed by atoms with E-state index in [4.69, 9.17) is 22.4 Å². The molecule has 2 amide bonds. The minimum atomic E-state index is -1.11. The average molecular weight is 305 g/mol. The molecule has 0 atom stereocenters. The quantitative estimate of drug-likeness (QED) is 0.772. The first-order valence-electron chi connectivity index (χ1n) is 5.26. The molecule has 6 nitrogen and oxygen atoms in total. The molecule has 1 aromatic rings. The van der Waals surface area contributed by atoms with E-state index >= 15 is 0 Å². The van der Waals surface area contributed by atoms with Gasteiger partial charge in [0.15, 0.2) is 0 Å². The molecule has 1 rings (SSSR count). The van der Waals surface area contributed by atoms with Gasteiger partial charge in [-0.15, -0.1) is 11.3 Å². The van der Waals surface area contributed by atoms with Gasteiger partial charge in [-0.05, 0) is 6.07 Å². The maximum absolute atomic E-state index is 12.0. The highest BCUT2D eigenvalue weighted by Crippen LogP contribution is 2.33. The van der Waals surface area contributed by atoms with Crippen molar-refractivity contribution in [1.82, 2.24) is 0 Å². The number of anilines is 1. The van der Waals surface area contributed by atoms with Gasteiger partial charge in [-0.25, -0.2) is 0 Å². The van der Waals surface area contributed by atoms with Crippen molar-refractivity contribution >= 4 is 45.7 Å². The normalized spacial score (nSPS) is 11.1. The molecule has 0 fully saturated rings. The number of halogens is 1. The molecule has 0 aliphatic carbocycles. The summed E-state index contributed by atoms with van der Waals surface area (Å²) in [5.41, 5.74) is 4.15. The first kappa shape index (κ1) is 15.5. The summed E-state index contributed by atoms with van der Waals surface area (Å²) >= 11 is 6.75. The number of nitrogens with one attached hydrogen (secondary N) is 1. The smallest absolute Gasteiger partial charge is 0.304 e. The van der Waals surface area contributed by atoms with Gasteiger partial charge in [0.25, 0.3) is 5.91 Å². The first-order valence-corrected chi connectivity index (χ1v) is 6.45. The lowest BCUT2D eigenvalue weighted by Crippen LogP contribution is -2.33. The van der Waals surface area contributed by atoms with Crippen molar-refractivity contribution in [2.75, 3.05) is 5.32 Å². The summed E-state index contributed by atoms with van der Waals surface area (Å²) in [5, 5.41) is 11.5. The summed E-state index contributed by atoms with van der Waals surface area (Å²) < 4.78 is 0.306. The molecule has 0 aliphatic rings. The van der Waals surface area contributed by atoms with Crippen LogP contribution in [0.3, 0.4) is 0 Å². The predicted molar refractivity (Wildman–Crippen MR) is 72.5 cm³/mol. The number of carboxylic acid groups (broad SMARTS) is 1. The third-order valence-corrected chi connectivity index (χ3v) is 3.58. The molecule has 1 heterocycles. The number of nitrogens with two attached hydrogens (primary N) is 1. The Morgan fingerprint density at radius 1 is 1.47 bits per heavy atom. The zero-order valence-corrected chi connectivity index (χ0v) is 11.9. The molecule has 0 spiro atoms.